The second kappa shape index (κ2) is 4.77. The summed E-state index contributed by atoms with van der Waals surface area (Å²) in [6.45, 7) is 1.41. The van der Waals surface area contributed by atoms with Crippen LogP contribution >= 0.6 is 0 Å². The smallest absolute Gasteiger partial charge is 0.248 e. The molecule has 90 valence electrons. The van der Waals surface area contributed by atoms with Crippen LogP contribution in [0.5, 0.6) is 0 Å². The fraction of sp³-hybridized carbons (Fsp3) is 0.444. The average molecular weight is 246 g/mol. The van der Waals surface area contributed by atoms with E-state index in [4.69, 9.17) is 5.11 Å². The van der Waals surface area contributed by atoms with Crippen molar-refractivity contribution in [2.45, 2.75) is 17.9 Å². The van der Waals surface area contributed by atoms with Crippen molar-refractivity contribution in [2.24, 2.45) is 0 Å². The van der Waals surface area contributed by atoms with Gasteiger partial charge in [0.15, 0.2) is 0 Å². The zero-order valence-electron chi connectivity index (χ0n) is 9.04. The summed E-state index contributed by atoms with van der Waals surface area (Å²) < 4.78 is 24.7. The minimum Gasteiger partial charge on any atom is -0.392 e. The third-order valence-corrected chi connectivity index (χ3v) is 3.84. The first-order chi connectivity index (χ1) is 7.35. The lowest BCUT2D eigenvalue weighted by Crippen LogP contribution is -2.35. The van der Waals surface area contributed by atoms with Crippen LogP contribution in [0.1, 0.15) is 6.92 Å². The first-order valence-corrected chi connectivity index (χ1v) is 6.11. The van der Waals surface area contributed by atoms with Gasteiger partial charge in [-0.1, -0.05) is 0 Å². The fourth-order valence-electron chi connectivity index (χ4n) is 1.24. The molecule has 0 fully saturated rings. The molecule has 6 nitrogen and oxygen atoms in total. The molecule has 0 spiro atoms. The largest absolute Gasteiger partial charge is 0.392 e. The van der Waals surface area contributed by atoms with Gasteiger partial charge in [-0.25, -0.2) is 8.42 Å². The number of rotatable bonds is 4. The number of sulfonamides is 1. The van der Waals surface area contributed by atoms with Crippen molar-refractivity contribution >= 4 is 10.0 Å². The van der Waals surface area contributed by atoms with Crippen LogP contribution in [0.15, 0.2) is 28.2 Å². The summed E-state index contributed by atoms with van der Waals surface area (Å²) in [7, 11) is -2.52. The highest BCUT2D eigenvalue weighted by molar-refractivity contribution is 7.89. The van der Waals surface area contributed by atoms with Crippen LogP contribution in [0.4, 0.5) is 0 Å². The van der Waals surface area contributed by atoms with Gasteiger partial charge in [0, 0.05) is 32.1 Å². The molecule has 2 N–H and O–H groups in total. The van der Waals surface area contributed by atoms with Crippen molar-refractivity contribution in [3.8, 4) is 0 Å². The third kappa shape index (κ3) is 2.69. The van der Waals surface area contributed by atoms with Gasteiger partial charge in [-0.3, -0.25) is 4.79 Å². The predicted octanol–water partition coefficient (Wildman–Crippen LogP) is -0.624. The molecule has 0 amide bonds. The van der Waals surface area contributed by atoms with Crippen LogP contribution in [-0.4, -0.2) is 42.5 Å². The van der Waals surface area contributed by atoms with E-state index in [1.165, 1.54) is 20.2 Å². The normalized spacial score (nSPS) is 14.0. The molecule has 1 aromatic rings. The monoisotopic (exact) mass is 246 g/mol. The molecule has 0 aliphatic carbocycles. The SMILES string of the molecule is CC(O)CN(C)S(=O)(=O)c1c[nH]ccc1=O. The van der Waals surface area contributed by atoms with Crippen molar-refractivity contribution in [3.05, 3.63) is 28.7 Å². The maximum atomic E-state index is 11.9. The summed E-state index contributed by atoms with van der Waals surface area (Å²) in [5.41, 5.74) is -0.573. The van der Waals surface area contributed by atoms with Crippen molar-refractivity contribution in [1.82, 2.24) is 9.29 Å². The molecule has 0 aromatic carbocycles. The van der Waals surface area contributed by atoms with Crippen LogP contribution in [0.25, 0.3) is 0 Å². The summed E-state index contributed by atoms with van der Waals surface area (Å²) in [6, 6.07) is 1.14. The van der Waals surface area contributed by atoms with E-state index in [-0.39, 0.29) is 11.4 Å². The molecule has 1 aromatic heterocycles. The standard InChI is InChI=1S/C9H14N2O4S/c1-7(12)6-11(2)16(14,15)9-5-10-4-3-8(9)13/h3-5,7,12H,6H2,1-2H3,(H,10,13). The second-order valence-electron chi connectivity index (χ2n) is 3.51. The number of H-pyrrole nitrogens is 1. The van der Waals surface area contributed by atoms with Crippen molar-refractivity contribution in [2.75, 3.05) is 13.6 Å². The molecule has 0 aliphatic rings. The Morgan fingerprint density at radius 3 is 2.69 bits per heavy atom. The lowest BCUT2D eigenvalue weighted by Gasteiger charge is -2.17. The highest BCUT2D eigenvalue weighted by Crippen LogP contribution is 2.08. The quantitative estimate of drug-likeness (QED) is 0.740. The summed E-state index contributed by atoms with van der Waals surface area (Å²) in [6.07, 6.45) is 1.70. The second-order valence-corrected chi connectivity index (χ2v) is 5.52. The third-order valence-electron chi connectivity index (χ3n) is 2.00. The number of aliphatic hydroxyl groups excluding tert-OH is 1. The summed E-state index contributed by atoms with van der Waals surface area (Å²) >= 11 is 0. The Kier molecular flexibility index (Phi) is 3.84. The Morgan fingerprint density at radius 1 is 1.56 bits per heavy atom. The number of likely N-dealkylation sites (N-methyl/N-ethyl adjacent to an activating group) is 1. The van der Waals surface area contributed by atoms with Gasteiger partial charge in [-0.2, -0.15) is 4.31 Å². The molecule has 1 unspecified atom stereocenters. The number of hydrogen-bond donors (Lipinski definition) is 2. The molecule has 16 heavy (non-hydrogen) atoms. The van der Waals surface area contributed by atoms with Crippen molar-refractivity contribution < 1.29 is 13.5 Å². The lowest BCUT2D eigenvalue weighted by atomic mass is 10.4. The lowest BCUT2D eigenvalue weighted by molar-refractivity contribution is 0.171. The van der Waals surface area contributed by atoms with E-state index in [0.29, 0.717) is 0 Å². The van der Waals surface area contributed by atoms with E-state index in [1.807, 2.05) is 0 Å². The summed E-state index contributed by atoms with van der Waals surface area (Å²) in [4.78, 5) is 13.6. The molecule has 0 radical (unpaired) electrons. The maximum absolute atomic E-state index is 11.9. The summed E-state index contributed by atoms with van der Waals surface area (Å²) in [5.74, 6) is 0. The van der Waals surface area contributed by atoms with Crippen LogP contribution in [0.3, 0.4) is 0 Å². The van der Waals surface area contributed by atoms with Crippen molar-refractivity contribution in [3.63, 3.8) is 0 Å². The Hall–Kier alpha value is -1.18. The number of aliphatic hydroxyl groups is 1. The van der Waals surface area contributed by atoms with Crippen LogP contribution in [0.2, 0.25) is 0 Å². The first kappa shape index (κ1) is 12.9. The van der Waals surface area contributed by atoms with E-state index in [1.54, 1.807) is 0 Å². The first-order valence-electron chi connectivity index (χ1n) is 4.67. The number of nitrogens with one attached hydrogen (secondary N) is 1. The average Bonchev–Trinajstić information content (AvgIpc) is 2.16. The van der Waals surface area contributed by atoms with E-state index in [0.717, 1.165) is 16.6 Å². The number of nitrogens with zero attached hydrogens (tertiary/aromatic N) is 1. The Labute approximate surface area is 93.6 Å². The van der Waals surface area contributed by atoms with Gasteiger partial charge >= 0.3 is 0 Å². The molecule has 1 atom stereocenters. The highest BCUT2D eigenvalue weighted by Gasteiger charge is 2.24. The van der Waals surface area contributed by atoms with Crippen LogP contribution in [0, 0.1) is 0 Å². The minimum atomic E-state index is -3.84. The van der Waals surface area contributed by atoms with Gasteiger partial charge in [-0.15, -0.1) is 0 Å². The highest BCUT2D eigenvalue weighted by atomic mass is 32.2. The molecule has 7 heteroatoms. The van der Waals surface area contributed by atoms with Crippen LogP contribution in [-0.2, 0) is 10.0 Å². The van der Waals surface area contributed by atoms with Gasteiger partial charge in [0.1, 0.15) is 4.90 Å². The number of hydrogen-bond acceptors (Lipinski definition) is 4. The Morgan fingerprint density at radius 2 is 2.19 bits per heavy atom. The molecule has 0 saturated heterocycles. The fourth-order valence-corrected chi connectivity index (χ4v) is 2.53. The molecular formula is C9H14N2O4S. The topological polar surface area (TPSA) is 90.5 Å². The zero-order chi connectivity index (χ0) is 12.3. The van der Waals surface area contributed by atoms with Gasteiger partial charge in [0.25, 0.3) is 0 Å². The van der Waals surface area contributed by atoms with Gasteiger partial charge in [0.05, 0.1) is 6.10 Å². The van der Waals surface area contributed by atoms with Crippen molar-refractivity contribution in [1.29, 1.82) is 0 Å². The summed E-state index contributed by atoms with van der Waals surface area (Å²) in [5, 5.41) is 9.11. The van der Waals surface area contributed by atoms with E-state index in [9.17, 15) is 13.2 Å². The Bertz CT molecular complexity index is 506. The Balaban J connectivity index is 3.13. The maximum Gasteiger partial charge on any atom is 0.248 e. The molecule has 0 saturated carbocycles. The van der Waals surface area contributed by atoms with Crippen LogP contribution < -0.4 is 5.43 Å². The number of pyridine rings is 1. The molecule has 0 bridgehead atoms. The molecular weight excluding hydrogens is 232 g/mol. The molecule has 1 rings (SSSR count). The molecule has 0 aliphatic heterocycles. The number of aromatic nitrogens is 1. The number of aromatic amines is 1. The molecule has 1 heterocycles. The van der Waals surface area contributed by atoms with Gasteiger partial charge < -0.3 is 10.1 Å². The van der Waals surface area contributed by atoms with Gasteiger partial charge in [-0.05, 0) is 6.92 Å². The van der Waals surface area contributed by atoms with E-state index >= 15 is 0 Å². The predicted molar refractivity (Wildman–Crippen MR) is 58.6 cm³/mol. The van der Waals surface area contributed by atoms with Gasteiger partial charge in [0.2, 0.25) is 15.5 Å². The zero-order valence-corrected chi connectivity index (χ0v) is 9.86. The minimum absolute atomic E-state index is 0.0589. The van der Waals surface area contributed by atoms with E-state index < -0.39 is 21.6 Å². The van der Waals surface area contributed by atoms with E-state index in [2.05, 4.69) is 4.98 Å².